The lowest BCUT2D eigenvalue weighted by Gasteiger charge is -2.14. The van der Waals surface area contributed by atoms with Crippen LogP contribution in [0, 0.1) is 0 Å². The van der Waals surface area contributed by atoms with Crippen LogP contribution in [0.2, 0.25) is 0 Å². The second-order valence-electron chi connectivity index (χ2n) is 3.92. The molecule has 80 valence electrons. The van der Waals surface area contributed by atoms with E-state index in [1.54, 1.807) is 0 Å². The minimum absolute atomic E-state index is 0.383. The summed E-state index contributed by atoms with van der Waals surface area (Å²) < 4.78 is 2.09. The van der Waals surface area contributed by atoms with Crippen molar-refractivity contribution in [2.75, 3.05) is 0 Å². The van der Waals surface area contributed by atoms with Crippen molar-refractivity contribution in [3.63, 3.8) is 0 Å². The summed E-state index contributed by atoms with van der Waals surface area (Å²) in [5.74, 6) is 0.606. The highest BCUT2D eigenvalue weighted by molar-refractivity contribution is 6.02. The third-order valence-electron chi connectivity index (χ3n) is 2.44. The molecule has 1 aliphatic rings. The molecular formula is C10H15N5. The zero-order valence-electron chi connectivity index (χ0n) is 9.01. The predicted molar refractivity (Wildman–Crippen MR) is 60.0 cm³/mol. The van der Waals surface area contributed by atoms with E-state index < -0.39 is 0 Å². The Morgan fingerprint density at radius 3 is 2.73 bits per heavy atom. The van der Waals surface area contributed by atoms with Crippen LogP contribution in [0.25, 0.3) is 0 Å². The van der Waals surface area contributed by atoms with Gasteiger partial charge in [0.25, 0.3) is 0 Å². The summed E-state index contributed by atoms with van der Waals surface area (Å²) in [4.78, 5) is 4.14. The molecule has 0 unspecified atom stereocenters. The number of nitrogens with two attached hydrogens (primary N) is 1. The third kappa shape index (κ3) is 1.91. The fraction of sp³-hybridized carbons (Fsp3) is 0.500. The molecule has 0 radical (unpaired) electrons. The molecule has 0 amide bonds. The van der Waals surface area contributed by atoms with Crippen LogP contribution in [0.4, 0.5) is 0 Å². The Morgan fingerprint density at radius 1 is 1.33 bits per heavy atom. The molecule has 0 bridgehead atoms. The molecule has 1 aromatic heterocycles. The smallest absolute Gasteiger partial charge is 0.122 e. The maximum atomic E-state index is 5.57. The highest BCUT2D eigenvalue weighted by atomic mass is 15.3. The third-order valence-corrected chi connectivity index (χ3v) is 2.44. The first kappa shape index (κ1) is 9.89. The van der Waals surface area contributed by atoms with E-state index in [9.17, 15) is 0 Å². The average molecular weight is 205 g/mol. The molecule has 2 rings (SSSR count). The summed E-state index contributed by atoms with van der Waals surface area (Å²) in [5.41, 5.74) is 7.58. The zero-order chi connectivity index (χ0) is 10.8. The predicted octanol–water partition coefficient (Wildman–Crippen LogP) is 1.32. The van der Waals surface area contributed by atoms with Crippen molar-refractivity contribution in [1.29, 1.82) is 0 Å². The van der Waals surface area contributed by atoms with Crippen LogP contribution in [0.15, 0.2) is 22.7 Å². The monoisotopic (exact) mass is 205 g/mol. The van der Waals surface area contributed by atoms with Gasteiger partial charge in [0.05, 0.1) is 23.9 Å². The quantitative estimate of drug-likeness (QED) is 0.791. The maximum Gasteiger partial charge on any atom is 0.122 e. The first-order valence-electron chi connectivity index (χ1n) is 5.09. The van der Waals surface area contributed by atoms with E-state index in [4.69, 9.17) is 5.73 Å². The number of hydrogen-bond acceptors (Lipinski definition) is 4. The van der Waals surface area contributed by atoms with Crippen LogP contribution in [0.3, 0.4) is 0 Å². The van der Waals surface area contributed by atoms with Gasteiger partial charge in [-0.3, -0.25) is 0 Å². The Bertz CT molecular complexity index is 413. The molecule has 2 heterocycles. The Morgan fingerprint density at radius 2 is 2.13 bits per heavy atom. The minimum atomic E-state index is 0.383. The summed E-state index contributed by atoms with van der Waals surface area (Å²) in [5, 5.41) is 8.02. The second-order valence-corrected chi connectivity index (χ2v) is 3.92. The molecule has 1 aromatic rings. The van der Waals surface area contributed by atoms with Crippen molar-refractivity contribution in [2.45, 2.75) is 32.7 Å². The molecule has 0 aromatic carbocycles. The number of aromatic nitrogens is 2. The van der Waals surface area contributed by atoms with E-state index in [0.29, 0.717) is 11.9 Å². The van der Waals surface area contributed by atoms with E-state index in [2.05, 4.69) is 33.6 Å². The molecule has 0 saturated heterocycles. The molecule has 2 N–H and O–H groups in total. The van der Waals surface area contributed by atoms with E-state index in [1.807, 2.05) is 12.5 Å². The van der Waals surface area contributed by atoms with Crippen LogP contribution in [0.1, 0.15) is 38.4 Å². The van der Waals surface area contributed by atoms with Crippen LogP contribution >= 0.6 is 0 Å². The van der Waals surface area contributed by atoms with Crippen LogP contribution in [0.5, 0.6) is 0 Å². The highest BCUT2D eigenvalue weighted by Crippen LogP contribution is 2.14. The number of nitrogens with zero attached hydrogens (tertiary/aromatic N) is 4. The van der Waals surface area contributed by atoms with Gasteiger partial charge in [0.1, 0.15) is 5.84 Å². The minimum Gasteiger partial charge on any atom is -0.386 e. The van der Waals surface area contributed by atoms with Gasteiger partial charge in [0.15, 0.2) is 0 Å². The van der Waals surface area contributed by atoms with E-state index in [-0.39, 0.29) is 0 Å². The van der Waals surface area contributed by atoms with Gasteiger partial charge in [-0.15, -0.1) is 5.10 Å². The molecular weight excluding hydrogens is 190 g/mol. The lowest BCUT2D eigenvalue weighted by atomic mass is 10.1. The van der Waals surface area contributed by atoms with Gasteiger partial charge in [-0.1, -0.05) is 0 Å². The summed E-state index contributed by atoms with van der Waals surface area (Å²) in [6.07, 6.45) is 5.27. The van der Waals surface area contributed by atoms with Gasteiger partial charge in [-0.25, -0.2) is 4.98 Å². The molecule has 15 heavy (non-hydrogen) atoms. The Labute approximate surface area is 88.7 Å². The van der Waals surface area contributed by atoms with Crippen molar-refractivity contribution in [3.05, 3.63) is 18.2 Å². The van der Waals surface area contributed by atoms with Crippen LogP contribution < -0.4 is 5.73 Å². The number of rotatable bonds is 2. The number of amidine groups is 1. The van der Waals surface area contributed by atoms with Gasteiger partial charge in [0.2, 0.25) is 0 Å². The first-order valence-corrected chi connectivity index (χ1v) is 5.09. The molecule has 0 fully saturated rings. The topological polar surface area (TPSA) is 68.6 Å². The van der Waals surface area contributed by atoms with E-state index >= 15 is 0 Å². The Balaban J connectivity index is 2.34. The van der Waals surface area contributed by atoms with Crippen LogP contribution in [-0.2, 0) is 0 Å². The average Bonchev–Trinajstić information content (AvgIpc) is 2.67. The van der Waals surface area contributed by atoms with E-state index in [1.165, 1.54) is 0 Å². The van der Waals surface area contributed by atoms with Gasteiger partial charge in [-0.05, 0) is 13.8 Å². The molecule has 0 aliphatic carbocycles. The van der Waals surface area contributed by atoms with Crippen molar-refractivity contribution >= 4 is 11.5 Å². The molecule has 5 nitrogen and oxygen atoms in total. The van der Waals surface area contributed by atoms with Crippen LogP contribution in [-0.4, -0.2) is 21.1 Å². The molecule has 0 atom stereocenters. The standard InChI is InChI=1S/C10H15N5/c1-7(2)15-6-12-5-9(15)8-3-4-10(11)14-13-8/h5-7H,3-4H2,1-2H3,(H2,11,14). The molecule has 5 heteroatoms. The molecule has 1 aliphatic heterocycles. The van der Waals surface area contributed by atoms with Crippen molar-refractivity contribution in [1.82, 2.24) is 9.55 Å². The maximum absolute atomic E-state index is 5.57. The lowest BCUT2D eigenvalue weighted by Crippen LogP contribution is -2.19. The summed E-state index contributed by atoms with van der Waals surface area (Å²) in [6, 6.07) is 0.383. The summed E-state index contributed by atoms with van der Waals surface area (Å²) >= 11 is 0. The Kier molecular flexibility index (Phi) is 2.53. The first-order chi connectivity index (χ1) is 7.18. The van der Waals surface area contributed by atoms with Crippen molar-refractivity contribution in [3.8, 4) is 0 Å². The lowest BCUT2D eigenvalue weighted by molar-refractivity contribution is 0.594. The normalized spacial score (nSPS) is 16.5. The summed E-state index contributed by atoms with van der Waals surface area (Å²) in [7, 11) is 0. The Hall–Kier alpha value is -1.65. The fourth-order valence-corrected chi connectivity index (χ4v) is 1.59. The number of hydrogen-bond donors (Lipinski definition) is 1. The number of imidazole rings is 1. The fourth-order valence-electron chi connectivity index (χ4n) is 1.59. The summed E-state index contributed by atoms with van der Waals surface area (Å²) in [6.45, 7) is 4.23. The van der Waals surface area contributed by atoms with Gasteiger partial charge >= 0.3 is 0 Å². The van der Waals surface area contributed by atoms with E-state index in [0.717, 1.165) is 24.2 Å². The highest BCUT2D eigenvalue weighted by Gasteiger charge is 2.14. The zero-order valence-corrected chi connectivity index (χ0v) is 9.01. The SMILES string of the molecule is CC(C)n1cncc1C1=NN=C(N)CC1. The van der Waals surface area contributed by atoms with Gasteiger partial charge in [0, 0.05) is 18.9 Å². The van der Waals surface area contributed by atoms with Gasteiger partial charge < -0.3 is 10.3 Å². The molecule has 0 saturated carbocycles. The van der Waals surface area contributed by atoms with Gasteiger partial charge in [-0.2, -0.15) is 5.10 Å². The van der Waals surface area contributed by atoms with Crippen molar-refractivity contribution in [2.24, 2.45) is 15.9 Å². The molecule has 0 spiro atoms. The largest absolute Gasteiger partial charge is 0.386 e. The second kappa shape index (κ2) is 3.84. The van der Waals surface area contributed by atoms with Crippen molar-refractivity contribution < 1.29 is 0 Å².